The molecule has 1 aromatic carbocycles. The maximum atomic E-state index is 11.8. The molecule has 1 aromatic rings. The highest BCUT2D eigenvalue weighted by Crippen LogP contribution is 2.23. The Balaban J connectivity index is 2.65. The van der Waals surface area contributed by atoms with E-state index in [0.717, 1.165) is 10.0 Å². The minimum absolute atomic E-state index is 0.453. The molecule has 0 aliphatic rings. The first kappa shape index (κ1) is 17.5. The zero-order chi connectivity index (χ0) is 15.8. The molecule has 0 spiro atoms. The van der Waals surface area contributed by atoms with Crippen LogP contribution in [-0.4, -0.2) is 31.6 Å². The minimum atomic E-state index is -0.767. The Morgan fingerprint density at radius 2 is 2.10 bits per heavy atom. The molecule has 6 nitrogen and oxygen atoms in total. The molecule has 0 saturated heterocycles. The molecule has 3 N–H and O–H groups in total. The van der Waals surface area contributed by atoms with Gasteiger partial charge in [-0.1, -0.05) is 15.9 Å². The summed E-state index contributed by atoms with van der Waals surface area (Å²) in [6, 6.07) is 4.94. The monoisotopic (exact) mass is 357 g/mol. The van der Waals surface area contributed by atoms with Crippen molar-refractivity contribution in [2.24, 2.45) is 0 Å². The van der Waals surface area contributed by atoms with Crippen LogP contribution in [0.15, 0.2) is 22.7 Å². The van der Waals surface area contributed by atoms with E-state index in [2.05, 4.69) is 31.9 Å². The average molecular weight is 358 g/mol. The van der Waals surface area contributed by atoms with E-state index in [1.807, 2.05) is 19.2 Å². The van der Waals surface area contributed by atoms with E-state index >= 15 is 0 Å². The van der Waals surface area contributed by atoms with E-state index in [1.165, 1.54) is 0 Å². The summed E-state index contributed by atoms with van der Waals surface area (Å²) in [7, 11) is 1.85. The number of benzene rings is 1. The molecule has 1 atom stereocenters. The highest BCUT2D eigenvalue weighted by atomic mass is 79.9. The van der Waals surface area contributed by atoms with Gasteiger partial charge in [0.1, 0.15) is 5.75 Å². The Labute approximate surface area is 132 Å². The Kier molecular flexibility index (Phi) is 7.18. The topological polar surface area (TPSA) is 79.5 Å². The van der Waals surface area contributed by atoms with E-state index in [9.17, 15) is 9.59 Å². The summed E-state index contributed by atoms with van der Waals surface area (Å²) in [6.07, 6.45) is -0.767. The van der Waals surface area contributed by atoms with Gasteiger partial charge in [0.25, 0.3) is 5.91 Å². The van der Waals surface area contributed by atoms with Gasteiger partial charge in [0, 0.05) is 17.6 Å². The van der Waals surface area contributed by atoms with Crippen molar-refractivity contribution in [1.82, 2.24) is 16.0 Å². The molecule has 0 aromatic heterocycles. The van der Waals surface area contributed by atoms with Crippen LogP contribution in [0, 0.1) is 0 Å². The van der Waals surface area contributed by atoms with Gasteiger partial charge in [0.05, 0.1) is 0 Å². The zero-order valence-corrected chi connectivity index (χ0v) is 13.9. The van der Waals surface area contributed by atoms with Gasteiger partial charge in [-0.15, -0.1) is 0 Å². The summed E-state index contributed by atoms with van der Waals surface area (Å²) < 4.78 is 6.52. The maximum absolute atomic E-state index is 11.8. The second-order valence-electron chi connectivity index (χ2n) is 4.39. The third-order valence-corrected chi connectivity index (χ3v) is 3.41. The second kappa shape index (κ2) is 8.63. The Bertz CT molecular complexity index is 508. The molecule has 0 heterocycles. The standard InChI is InChI=1S/C14H20BrN3O3/c1-4-17-14(20)18-13(19)9(2)21-11-5-6-12(15)10(7-11)8-16-3/h5-7,9,16H,4,8H2,1-3H3,(H2,17,18,19,20). The average Bonchev–Trinajstić information content (AvgIpc) is 2.43. The maximum Gasteiger partial charge on any atom is 0.321 e. The van der Waals surface area contributed by atoms with Crippen LogP contribution < -0.4 is 20.7 Å². The van der Waals surface area contributed by atoms with Crippen LogP contribution in [0.2, 0.25) is 0 Å². The molecule has 0 fully saturated rings. The first-order chi connectivity index (χ1) is 9.97. The number of ether oxygens (including phenoxy) is 1. The molecule has 0 aliphatic carbocycles. The number of carbonyl (C=O) groups excluding carboxylic acids is 2. The number of nitrogens with one attached hydrogen (secondary N) is 3. The summed E-state index contributed by atoms with van der Waals surface area (Å²) >= 11 is 3.45. The normalized spacial score (nSPS) is 11.6. The van der Waals surface area contributed by atoms with Gasteiger partial charge in [0.2, 0.25) is 0 Å². The van der Waals surface area contributed by atoms with Crippen LogP contribution in [0.5, 0.6) is 5.75 Å². The predicted molar refractivity (Wildman–Crippen MR) is 84.2 cm³/mol. The lowest BCUT2D eigenvalue weighted by Crippen LogP contribution is -2.45. The molecule has 0 radical (unpaired) electrons. The number of halogens is 1. The van der Waals surface area contributed by atoms with Gasteiger partial charge >= 0.3 is 6.03 Å². The number of hydrogen-bond donors (Lipinski definition) is 3. The number of hydrogen-bond acceptors (Lipinski definition) is 4. The van der Waals surface area contributed by atoms with Crippen LogP contribution in [0.25, 0.3) is 0 Å². The van der Waals surface area contributed by atoms with E-state index in [-0.39, 0.29) is 0 Å². The Morgan fingerprint density at radius 1 is 1.38 bits per heavy atom. The first-order valence-electron chi connectivity index (χ1n) is 6.66. The van der Waals surface area contributed by atoms with Crippen LogP contribution in [-0.2, 0) is 11.3 Å². The van der Waals surface area contributed by atoms with Gasteiger partial charge in [-0.25, -0.2) is 4.79 Å². The predicted octanol–water partition coefficient (Wildman–Crippen LogP) is 1.78. The molecule has 1 rings (SSSR count). The van der Waals surface area contributed by atoms with Crippen molar-refractivity contribution in [3.63, 3.8) is 0 Å². The van der Waals surface area contributed by atoms with Crippen LogP contribution in [0.3, 0.4) is 0 Å². The summed E-state index contributed by atoms with van der Waals surface area (Å²) in [5, 5.41) is 7.75. The zero-order valence-electron chi connectivity index (χ0n) is 12.3. The van der Waals surface area contributed by atoms with Crippen molar-refractivity contribution in [1.29, 1.82) is 0 Å². The Hall–Kier alpha value is -1.60. The van der Waals surface area contributed by atoms with Gasteiger partial charge < -0.3 is 15.4 Å². The van der Waals surface area contributed by atoms with Gasteiger partial charge in [-0.05, 0) is 44.7 Å². The van der Waals surface area contributed by atoms with E-state index in [0.29, 0.717) is 18.8 Å². The lowest BCUT2D eigenvalue weighted by atomic mass is 10.2. The van der Waals surface area contributed by atoms with Gasteiger partial charge in [0.15, 0.2) is 6.10 Å². The molecule has 0 bridgehead atoms. The van der Waals surface area contributed by atoms with Crippen molar-refractivity contribution in [2.45, 2.75) is 26.5 Å². The van der Waals surface area contributed by atoms with Gasteiger partial charge in [-0.2, -0.15) is 0 Å². The summed E-state index contributed by atoms with van der Waals surface area (Å²) in [4.78, 5) is 23.1. The smallest absolute Gasteiger partial charge is 0.321 e. The quantitative estimate of drug-likeness (QED) is 0.724. The largest absolute Gasteiger partial charge is 0.481 e. The molecular formula is C14H20BrN3O3. The summed E-state index contributed by atoms with van der Waals surface area (Å²) in [5.74, 6) is 0.0843. The molecule has 0 saturated carbocycles. The van der Waals surface area contributed by atoms with Crippen molar-refractivity contribution >= 4 is 27.9 Å². The number of urea groups is 1. The first-order valence-corrected chi connectivity index (χ1v) is 7.45. The van der Waals surface area contributed by atoms with Crippen molar-refractivity contribution in [3.05, 3.63) is 28.2 Å². The fourth-order valence-corrected chi connectivity index (χ4v) is 2.01. The lowest BCUT2D eigenvalue weighted by molar-refractivity contribution is -0.126. The molecule has 7 heteroatoms. The molecule has 1 unspecified atom stereocenters. The second-order valence-corrected chi connectivity index (χ2v) is 5.25. The SMILES string of the molecule is CCNC(=O)NC(=O)C(C)Oc1ccc(Br)c(CNC)c1. The molecule has 21 heavy (non-hydrogen) atoms. The van der Waals surface area contributed by atoms with Crippen LogP contribution in [0.4, 0.5) is 4.79 Å². The van der Waals surface area contributed by atoms with Crippen molar-refractivity contribution in [2.75, 3.05) is 13.6 Å². The fourth-order valence-electron chi connectivity index (χ4n) is 1.63. The molecule has 0 aliphatic heterocycles. The lowest BCUT2D eigenvalue weighted by Gasteiger charge is -2.15. The highest BCUT2D eigenvalue weighted by Gasteiger charge is 2.17. The van der Waals surface area contributed by atoms with Crippen LogP contribution in [0.1, 0.15) is 19.4 Å². The number of imide groups is 1. The van der Waals surface area contributed by atoms with E-state index < -0.39 is 18.0 Å². The minimum Gasteiger partial charge on any atom is -0.481 e. The third-order valence-electron chi connectivity index (χ3n) is 2.64. The van der Waals surface area contributed by atoms with Crippen LogP contribution >= 0.6 is 15.9 Å². The number of carbonyl (C=O) groups is 2. The number of amides is 3. The van der Waals surface area contributed by atoms with Crippen molar-refractivity contribution < 1.29 is 14.3 Å². The summed E-state index contributed by atoms with van der Waals surface area (Å²) in [5.41, 5.74) is 1.02. The third kappa shape index (κ3) is 5.73. The van der Waals surface area contributed by atoms with E-state index in [4.69, 9.17) is 4.74 Å². The highest BCUT2D eigenvalue weighted by molar-refractivity contribution is 9.10. The summed E-state index contributed by atoms with van der Waals surface area (Å²) in [6.45, 7) is 4.50. The fraction of sp³-hybridized carbons (Fsp3) is 0.429. The van der Waals surface area contributed by atoms with Gasteiger partial charge in [-0.3, -0.25) is 10.1 Å². The molecular weight excluding hydrogens is 338 g/mol. The van der Waals surface area contributed by atoms with E-state index in [1.54, 1.807) is 19.9 Å². The molecule has 3 amide bonds. The Morgan fingerprint density at radius 3 is 2.71 bits per heavy atom. The van der Waals surface area contributed by atoms with Crippen molar-refractivity contribution in [3.8, 4) is 5.75 Å². The molecule has 116 valence electrons. The number of rotatable bonds is 6.